The van der Waals surface area contributed by atoms with Crippen LogP contribution in [-0.2, 0) is 31.4 Å². The van der Waals surface area contributed by atoms with E-state index in [1.165, 1.54) is 13.8 Å². The van der Waals surface area contributed by atoms with Crippen molar-refractivity contribution in [2.24, 2.45) is 0 Å². The van der Waals surface area contributed by atoms with Crippen molar-refractivity contribution >= 4 is 11.9 Å². The topological polar surface area (TPSA) is 110 Å². The molecule has 0 saturated heterocycles. The zero-order valence-corrected chi connectivity index (χ0v) is 7.14. The number of hydrogen-bond donors (Lipinski definition) is 0. The second-order valence-corrected chi connectivity index (χ2v) is 1.31. The monoisotopic (exact) mass is 227 g/mol. The van der Waals surface area contributed by atoms with Crippen LogP contribution in [0, 0.1) is 15.3 Å². The van der Waals surface area contributed by atoms with Crippen LogP contribution in [0.3, 0.4) is 0 Å². The third-order valence-electron chi connectivity index (χ3n) is 0.287. The van der Waals surface area contributed by atoms with Gasteiger partial charge in [0.25, 0.3) is 0 Å². The van der Waals surface area contributed by atoms with Crippen molar-refractivity contribution in [3.63, 3.8) is 0 Å². The van der Waals surface area contributed by atoms with Gasteiger partial charge in [-0.15, -0.1) is 0 Å². The molecular weight excluding hydrogens is 222 g/mol. The summed E-state index contributed by atoms with van der Waals surface area (Å²) in [5.41, 5.74) is 0. The maximum absolute atomic E-state index is 9.81. The molecule has 0 rings (SSSR count). The van der Waals surface area contributed by atoms with Crippen molar-refractivity contribution < 1.29 is 36.5 Å². The Labute approximate surface area is 78.3 Å². The Morgan fingerprint density at radius 1 is 1.17 bits per heavy atom. The third-order valence-corrected chi connectivity index (χ3v) is 0.287. The molecule has 0 aliphatic carbocycles. The quantitative estimate of drug-likeness (QED) is 0.187. The van der Waals surface area contributed by atoms with Gasteiger partial charge in [0.05, 0.1) is 5.09 Å². The molecule has 7 nitrogen and oxygen atoms in total. The van der Waals surface area contributed by atoms with Crippen LogP contribution < -0.4 is 0 Å². The molecule has 1 radical (unpaired) electrons. The first-order valence-electron chi connectivity index (χ1n) is 2.36. The maximum atomic E-state index is 9.81. The smallest absolute Gasteiger partial charge is 0.310 e. The molecule has 0 unspecified atom stereocenters. The van der Waals surface area contributed by atoms with Crippen LogP contribution >= 0.6 is 0 Å². The van der Waals surface area contributed by atoms with Gasteiger partial charge in [-0.2, -0.15) is 0 Å². The third kappa shape index (κ3) is 66.9. The Kier molecular flexibility index (Phi) is 14.0. The van der Waals surface area contributed by atoms with Crippen LogP contribution in [0.4, 0.5) is 0 Å². The van der Waals surface area contributed by atoms with Gasteiger partial charge in [0.2, 0.25) is 0 Å². The molecule has 75 valence electrons. The summed E-state index contributed by atoms with van der Waals surface area (Å²) in [6.07, 6.45) is 0. The number of hydrogen-bond acceptors (Lipinski definition) is 6. The van der Waals surface area contributed by atoms with E-state index < -0.39 is 17.0 Å². The van der Waals surface area contributed by atoms with E-state index in [9.17, 15) is 9.59 Å². The van der Waals surface area contributed by atoms with Crippen molar-refractivity contribution in [3.05, 3.63) is 15.3 Å². The van der Waals surface area contributed by atoms with Crippen LogP contribution in [0.5, 0.6) is 0 Å². The van der Waals surface area contributed by atoms with Crippen LogP contribution in [0.1, 0.15) is 13.8 Å². The summed E-state index contributed by atoms with van der Waals surface area (Å²) in [4.78, 5) is 27.9. The number of ether oxygens (including phenoxy) is 1. The van der Waals surface area contributed by atoms with Crippen molar-refractivity contribution in [1.29, 1.82) is 0 Å². The summed E-state index contributed by atoms with van der Waals surface area (Å²) in [7, 11) is 0. The SMILES string of the molecule is CC(=O)OC(C)=O.O=[N+]([O-])[O-].[Cu]. The van der Waals surface area contributed by atoms with Crippen molar-refractivity contribution in [1.82, 2.24) is 0 Å². The van der Waals surface area contributed by atoms with Gasteiger partial charge in [-0.05, 0) is 0 Å². The van der Waals surface area contributed by atoms with Crippen LogP contribution in [0.25, 0.3) is 0 Å². The summed E-state index contributed by atoms with van der Waals surface area (Å²) >= 11 is 0. The van der Waals surface area contributed by atoms with Gasteiger partial charge in [-0.25, -0.2) is 0 Å². The molecule has 0 saturated carbocycles. The maximum Gasteiger partial charge on any atom is 0.310 e. The summed E-state index contributed by atoms with van der Waals surface area (Å²) in [6, 6.07) is 0. The van der Waals surface area contributed by atoms with E-state index in [1.54, 1.807) is 0 Å². The molecule has 8 heteroatoms. The largest absolute Gasteiger partial charge is 0.394 e. The fraction of sp³-hybridized carbons (Fsp3) is 0.500. The minimum Gasteiger partial charge on any atom is -0.394 e. The van der Waals surface area contributed by atoms with Crippen LogP contribution in [0.2, 0.25) is 0 Å². The van der Waals surface area contributed by atoms with Gasteiger partial charge in [-0.1, -0.05) is 0 Å². The van der Waals surface area contributed by atoms with E-state index in [2.05, 4.69) is 4.74 Å². The van der Waals surface area contributed by atoms with E-state index in [-0.39, 0.29) is 17.1 Å². The minimum atomic E-state index is -1.75. The molecule has 12 heavy (non-hydrogen) atoms. The van der Waals surface area contributed by atoms with Gasteiger partial charge < -0.3 is 20.1 Å². The molecule has 0 atom stereocenters. The van der Waals surface area contributed by atoms with Crippen LogP contribution in [0.15, 0.2) is 0 Å². The summed E-state index contributed by atoms with van der Waals surface area (Å²) < 4.78 is 3.97. The Bertz CT molecular complexity index is 153. The molecule has 0 spiro atoms. The number of nitrogens with zero attached hydrogens (tertiary/aromatic N) is 1. The molecule has 0 aromatic rings. The molecular formula is C4H6CuNO6-. The molecule has 0 fully saturated rings. The Morgan fingerprint density at radius 2 is 1.33 bits per heavy atom. The normalized spacial score (nSPS) is 6.50. The molecule has 0 N–H and O–H groups in total. The number of carbonyl (C=O) groups excluding carboxylic acids is 2. The molecule has 0 aliphatic rings. The van der Waals surface area contributed by atoms with E-state index in [0.29, 0.717) is 0 Å². The summed E-state index contributed by atoms with van der Waals surface area (Å²) in [6.45, 7) is 2.36. The molecule has 0 aromatic heterocycles. The second kappa shape index (κ2) is 9.86. The fourth-order valence-corrected chi connectivity index (χ4v) is 0.202. The van der Waals surface area contributed by atoms with Gasteiger partial charge in [0.15, 0.2) is 0 Å². The number of rotatable bonds is 0. The van der Waals surface area contributed by atoms with Crippen molar-refractivity contribution in [2.75, 3.05) is 0 Å². The average molecular weight is 228 g/mol. The predicted molar refractivity (Wildman–Crippen MR) is 32.8 cm³/mol. The van der Waals surface area contributed by atoms with Gasteiger partial charge in [0.1, 0.15) is 0 Å². The predicted octanol–water partition coefficient (Wildman–Crippen LogP) is -0.146. The van der Waals surface area contributed by atoms with Crippen molar-refractivity contribution in [2.45, 2.75) is 13.8 Å². The van der Waals surface area contributed by atoms with Gasteiger partial charge >= 0.3 is 11.9 Å². The first-order chi connectivity index (χ1) is 4.86. The average Bonchev–Trinajstić information content (AvgIpc) is 1.56. The molecule has 0 aliphatic heterocycles. The second-order valence-electron chi connectivity index (χ2n) is 1.31. The zero-order valence-electron chi connectivity index (χ0n) is 6.20. The standard InChI is InChI=1S/C4H6O3.Cu.NO3/c1-3(5)7-4(2)6;;2-1(3)4/h1-2H3;;/q;;-1. The summed E-state index contributed by atoms with van der Waals surface area (Å²) in [5, 5.41) is 14.8. The molecule has 0 amide bonds. The molecule has 0 bridgehead atoms. The summed E-state index contributed by atoms with van der Waals surface area (Å²) in [5.74, 6) is -1.12. The van der Waals surface area contributed by atoms with Gasteiger partial charge in [0, 0.05) is 30.9 Å². The van der Waals surface area contributed by atoms with E-state index in [0.717, 1.165) is 0 Å². The van der Waals surface area contributed by atoms with E-state index in [4.69, 9.17) is 15.3 Å². The van der Waals surface area contributed by atoms with E-state index in [1.807, 2.05) is 0 Å². The Hall–Kier alpha value is -1.14. The number of esters is 2. The van der Waals surface area contributed by atoms with Gasteiger partial charge in [-0.3, -0.25) is 9.59 Å². The number of carbonyl (C=O) groups is 2. The first kappa shape index (κ1) is 17.1. The molecule has 0 aromatic carbocycles. The van der Waals surface area contributed by atoms with Crippen molar-refractivity contribution in [3.8, 4) is 0 Å². The fourth-order valence-electron chi connectivity index (χ4n) is 0.202. The first-order valence-corrected chi connectivity index (χ1v) is 2.36. The zero-order chi connectivity index (χ0) is 9.44. The minimum absolute atomic E-state index is 0. The molecule has 0 heterocycles. The van der Waals surface area contributed by atoms with E-state index >= 15 is 0 Å². The Balaban J connectivity index is -0.000000142. The Morgan fingerprint density at radius 3 is 1.33 bits per heavy atom. The van der Waals surface area contributed by atoms with Crippen LogP contribution in [-0.4, -0.2) is 17.0 Å².